The Morgan fingerprint density at radius 1 is 0.516 bits per heavy atom. The van der Waals surface area contributed by atoms with E-state index in [0.717, 1.165) is 58.7 Å². The van der Waals surface area contributed by atoms with Gasteiger partial charge in [-0.25, -0.2) is 37.5 Å². The van der Waals surface area contributed by atoms with Crippen LogP contribution in [0.3, 0.4) is 0 Å². The zero-order valence-corrected chi connectivity index (χ0v) is 33.0. The van der Waals surface area contributed by atoms with Crippen LogP contribution in [0.5, 0.6) is 23.0 Å². The fourth-order valence-electron chi connectivity index (χ4n) is 5.67. The second-order valence-corrected chi connectivity index (χ2v) is 12.7. The van der Waals surface area contributed by atoms with Crippen LogP contribution in [0.25, 0.3) is 11.1 Å². The summed E-state index contributed by atoms with van der Waals surface area (Å²) in [6.45, 7) is 7.95. The molecule has 0 amide bonds. The summed E-state index contributed by atoms with van der Waals surface area (Å²) in [5.41, 5.74) is 2.92. The van der Waals surface area contributed by atoms with Crippen molar-refractivity contribution in [2.45, 2.75) is 12.8 Å². The van der Waals surface area contributed by atoms with Crippen LogP contribution in [0.1, 0.15) is 44.7 Å². The van der Waals surface area contributed by atoms with Crippen molar-refractivity contribution in [2.75, 3.05) is 52.9 Å². The maximum absolute atomic E-state index is 14.8. The Morgan fingerprint density at radius 3 is 1.27 bits per heavy atom. The first-order chi connectivity index (χ1) is 29.9. The minimum Gasteiger partial charge on any atom is -0.460 e. The highest BCUT2D eigenvalue weighted by Crippen LogP contribution is 2.47. The quantitative estimate of drug-likeness (QED) is 0.0219. The summed E-state index contributed by atoms with van der Waals surface area (Å²) in [7, 11) is 0. The van der Waals surface area contributed by atoms with Gasteiger partial charge in [0.2, 0.25) is 0 Å². The monoisotopic (exact) mass is 860 g/mol. The van der Waals surface area contributed by atoms with Crippen molar-refractivity contribution in [3.63, 3.8) is 0 Å². The summed E-state index contributed by atoms with van der Waals surface area (Å²) in [5.74, 6) is -5.92. The van der Waals surface area contributed by atoms with Crippen LogP contribution < -0.4 is 18.9 Å². The summed E-state index contributed by atoms with van der Waals surface area (Å²) in [6.07, 6.45) is -0.411. The summed E-state index contributed by atoms with van der Waals surface area (Å²) < 4.78 is 79.8. The molecule has 0 radical (unpaired) electrons. The molecule has 0 atom stereocenters. The zero-order chi connectivity index (χ0) is 44.6. The van der Waals surface area contributed by atoms with Crippen LogP contribution in [0.2, 0.25) is 0 Å². The Balaban J connectivity index is 1.09. The molecule has 5 rings (SSSR count). The lowest BCUT2D eigenvalue weighted by Gasteiger charge is -2.11. The first kappa shape index (κ1) is 45.6. The third-order valence-electron chi connectivity index (χ3n) is 8.58. The van der Waals surface area contributed by atoms with Crippen molar-refractivity contribution >= 4 is 36.2 Å². The number of rotatable bonds is 20. The molecule has 62 heavy (non-hydrogen) atoms. The van der Waals surface area contributed by atoms with Gasteiger partial charge in [0.25, 0.3) is 0 Å². The number of carbonyl (C=O) groups excluding carboxylic acids is 6. The molecule has 1 aliphatic carbocycles. The van der Waals surface area contributed by atoms with Crippen LogP contribution in [0, 0.1) is 11.6 Å². The van der Waals surface area contributed by atoms with Gasteiger partial charge in [-0.3, -0.25) is 0 Å². The summed E-state index contributed by atoms with van der Waals surface area (Å²) in [4.78, 5) is 71.8. The number of benzene rings is 4. The van der Waals surface area contributed by atoms with Gasteiger partial charge >= 0.3 is 36.2 Å². The van der Waals surface area contributed by atoms with Crippen LogP contribution in [-0.4, -0.2) is 89.0 Å². The number of esters is 4. The Morgan fingerprint density at radius 2 is 0.903 bits per heavy atom. The van der Waals surface area contributed by atoms with Gasteiger partial charge in [-0.05, 0) is 82.9 Å². The smallest absolute Gasteiger partial charge is 0.460 e. The second-order valence-electron chi connectivity index (χ2n) is 12.7. The molecule has 0 N–H and O–H groups in total. The molecule has 0 aromatic heterocycles. The predicted octanol–water partition coefficient (Wildman–Crippen LogP) is 7.06. The van der Waals surface area contributed by atoms with Crippen molar-refractivity contribution in [1.82, 2.24) is 0 Å². The third kappa shape index (κ3) is 12.8. The van der Waals surface area contributed by atoms with Gasteiger partial charge in [0.15, 0.2) is 23.1 Å². The molecule has 18 heteroatoms. The SMILES string of the molecule is C=CC(=O)OCCOCCOC(=O)Oc1ccc(C(=O)Oc2ccc3c(c2)C(C)c2cc(OC(=O)c4ccc(OC(=O)OCCOCCOC(=O)C=C)c(F)c4)ccc2-3)cc1F. The second kappa shape index (κ2) is 22.2. The van der Waals surface area contributed by atoms with Crippen LogP contribution in [0.4, 0.5) is 18.4 Å². The maximum Gasteiger partial charge on any atom is 0.514 e. The zero-order valence-electron chi connectivity index (χ0n) is 33.0. The number of fused-ring (bicyclic) bond motifs is 3. The summed E-state index contributed by atoms with van der Waals surface area (Å²) >= 11 is 0. The van der Waals surface area contributed by atoms with Crippen molar-refractivity contribution in [3.8, 4) is 34.1 Å². The average Bonchev–Trinajstić information content (AvgIpc) is 3.53. The van der Waals surface area contributed by atoms with Crippen LogP contribution in [-0.2, 0) is 38.0 Å². The number of halogens is 2. The normalized spacial score (nSPS) is 11.3. The molecular formula is C44H38F2O16. The van der Waals surface area contributed by atoms with Crippen molar-refractivity contribution in [1.29, 1.82) is 0 Å². The lowest BCUT2D eigenvalue weighted by atomic mass is 9.99. The first-order valence-corrected chi connectivity index (χ1v) is 18.6. The van der Waals surface area contributed by atoms with Gasteiger partial charge in [-0.1, -0.05) is 32.2 Å². The third-order valence-corrected chi connectivity index (χ3v) is 8.58. The molecule has 324 valence electrons. The van der Waals surface area contributed by atoms with E-state index >= 15 is 0 Å². The maximum atomic E-state index is 14.8. The topological polar surface area (TPSA) is 195 Å². The van der Waals surface area contributed by atoms with Gasteiger partial charge in [0, 0.05) is 18.1 Å². The highest BCUT2D eigenvalue weighted by molar-refractivity contribution is 5.93. The molecule has 16 nitrogen and oxygen atoms in total. The van der Waals surface area contributed by atoms with E-state index in [1.54, 1.807) is 36.4 Å². The predicted molar refractivity (Wildman–Crippen MR) is 210 cm³/mol. The summed E-state index contributed by atoms with van der Waals surface area (Å²) in [5, 5.41) is 0. The molecule has 4 aromatic rings. The molecule has 0 unspecified atom stereocenters. The highest BCUT2D eigenvalue weighted by Gasteiger charge is 2.28. The number of ether oxygens (including phenoxy) is 10. The minimum absolute atomic E-state index is 0.0220. The van der Waals surface area contributed by atoms with E-state index in [0.29, 0.717) is 0 Å². The molecule has 0 spiro atoms. The van der Waals surface area contributed by atoms with E-state index in [1.165, 1.54) is 12.1 Å². The van der Waals surface area contributed by atoms with E-state index in [9.17, 15) is 37.5 Å². The van der Waals surface area contributed by atoms with Gasteiger partial charge in [0.1, 0.15) is 37.9 Å². The van der Waals surface area contributed by atoms with E-state index in [4.69, 9.17) is 47.4 Å². The van der Waals surface area contributed by atoms with Crippen LogP contribution >= 0.6 is 0 Å². The molecule has 0 aliphatic heterocycles. The fourth-order valence-corrected chi connectivity index (χ4v) is 5.67. The number of carbonyl (C=O) groups is 6. The van der Waals surface area contributed by atoms with E-state index in [1.807, 2.05) is 6.92 Å². The van der Waals surface area contributed by atoms with Crippen LogP contribution in [0.15, 0.2) is 98.1 Å². The molecule has 1 aliphatic rings. The Labute approximate surface area is 352 Å². The Hall–Kier alpha value is -7.44. The standard InChI is InChI=1S/C44H38F2O16/c1-4-39(47)55-18-14-53-16-20-57-43(51)61-37-12-6-27(22-35(37)45)41(49)59-29-8-10-31-32-11-9-30(25-34(32)26(3)33(31)24-29)60-42(50)28-7-13-38(36(46)23-28)62-44(52)58-21-17-54-15-19-56-40(48)5-2/h4-13,22-26H,1-2,14-21H2,3H3. The fraction of sp³-hybridized carbons (Fsp3) is 0.227. The lowest BCUT2D eigenvalue weighted by molar-refractivity contribution is -0.140. The molecule has 0 bridgehead atoms. The highest BCUT2D eigenvalue weighted by atomic mass is 19.1. The minimum atomic E-state index is -1.21. The average molecular weight is 861 g/mol. The Bertz CT molecular complexity index is 2180. The van der Waals surface area contributed by atoms with Crippen molar-refractivity contribution < 1.29 is 84.9 Å². The largest absolute Gasteiger partial charge is 0.514 e. The molecule has 4 aromatic carbocycles. The molecule has 0 saturated carbocycles. The molecule has 0 fully saturated rings. The van der Waals surface area contributed by atoms with Gasteiger partial charge < -0.3 is 47.4 Å². The lowest BCUT2D eigenvalue weighted by Crippen LogP contribution is -2.17. The Kier molecular flexibility index (Phi) is 16.4. The van der Waals surface area contributed by atoms with E-state index in [-0.39, 0.29) is 81.4 Å². The molecule has 0 saturated heterocycles. The first-order valence-electron chi connectivity index (χ1n) is 18.6. The van der Waals surface area contributed by atoms with E-state index < -0.39 is 59.3 Å². The number of hydrogen-bond donors (Lipinski definition) is 0. The molecule has 0 heterocycles. The molecular weight excluding hydrogens is 822 g/mol. The van der Waals surface area contributed by atoms with Gasteiger partial charge in [-0.2, -0.15) is 0 Å². The van der Waals surface area contributed by atoms with Gasteiger partial charge in [0.05, 0.1) is 37.6 Å². The van der Waals surface area contributed by atoms with E-state index in [2.05, 4.69) is 13.2 Å². The van der Waals surface area contributed by atoms with Gasteiger partial charge in [-0.15, -0.1) is 0 Å². The number of hydrogen-bond acceptors (Lipinski definition) is 16. The summed E-state index contributed by atoms with van der Waals surface area (Å²) in [6, 6.07) is 16.2. The van der Waals surface area contributed by atoms with Crippen molar-refractivity contribution in [3.05, 3.63) is 132 Å². The van der Waals surface area contributed by atoms with Crippen molar-refractivity contribution in [2.24, 2.45) is 0 Å².